The summed E-state index contributed by atoms with van der Waals surface area (Å²) in [6, 6.07) is 12.4. The van der Waals surface area contributed by atoms with Gasteiger partial charge in [-0.3, -0.25) is 9.98 Å². The number of hydrogen-bond acceptors (Lipinski definition) is 4. The van der Waals surface area contributed by atoms with Crippen LogP contribution >= 0.6 is 0 Å². The largest absolute Gasteiger partial charge is 0.507 e. The molecule has 0 saturated heterocycles. The molecular formula is C44H70N2O2. The van der Waals surface area contributed by atoms with Gasteiger partial charge in [-0.25, -0.2) is 0 Å². The fraction of sp³-hybridized carbons (Fsp3) is 0.682. The third kappa shape index (κ3) is 16.7. The molecule has 48 heavy (non-hydrogen) atoms. The van der Waals surface area contributed by atoms with Crippen molar-refractivity contribution in [3.05, 3.63) is 58.7 Å². The Morgan fingerprint density at radius 2 is 0.833 bits per heavy atom. The van der Waals surface area contributed by atoms with Gasteiger partial charge < -0.3 is 10.2 Å². The SMILES string of the molecule is CCCCCCCCCCCCc1ccc(C=N[C@H]2CCCC[C@@H]2N=Cc2ccc(CCCCCCCCCCCC)cc2O)c(O)c1. The van der Waals surface area contributed by atoms with E-state index in [9.17, 15) is 10.2 Å². The standard InChI is InChI=1S/C44H70N2O2/c1-3-5-7-9-11-13-15-17-19-21-25-37-29-31-39(43(47)33-37)35-45-41-27-23-24-28-42(41)46-36-40-32-30-38(34-44(40)48)26-22-20-18-16-14-12-10-8-6-4-2/h29-36,41-42,47-48H,3-28H2,1-2H3/t41-,42-/m0/s1. The first kappa shape index (κ1) is 39.8. The van der Waals surface area contributed by atoms with Crippen molar-refractivity contribution in [3.8, 4) is 11.5 Å². The molecule has 2 aromatic rings. The second-order valence-corrected chi connectivity index (χ2v) is 14.6. The molecule has 2 N–H and O–H groups in total. The topological polar surface area (TPSA) is 65.2 Å². The fourth-order valence-electron chi connectivity index (χ4n) is 7.13. The van der Waals surface area contributed by atoms with E-state index >= 15 is 0 Å². The highest BCUT2D eigenvalue weighted by Crippen LogP contribution is 2.26. The van der Waals surface area contributed by atoms with Crippen molar-refractivity contribution in [1.82, 2.24) is 0 Å². The molecule has 0 spiro atoms. The molecular weight excluding hydrogens is 588 g/mol. The summed E-state index contributed by atoms with van der Waals surface area (Å²) in [6.07, 6.45) is 36.8. The zero-order valence-corrected chi connectivity index (χ0v) is 30.9. The van der Waals surface area contributed by atoms with Gasteiger partial charge in [0, 0.05) is 23.6 Å². The van der Waals surface area contributed by atoms with E-state index in [1.54, 1.807) is 0 Å². The Morgan fingerprint density at radius 1 is 0.500 bits per heavy atom. The molecule has 0 amide bonds. The van der Waals surface area contributed by atoms with Crippen LogP contribution in [0.1, 0.15) is 190 Å². The number of hydrogen-bond donors (Lipinski definition) is 2. The average molecular weight is 659 g/mol. The van der Waals surface area contributed by atoms with Crippen molar-refractivity contribution in [2.75, 3.05) is 0 Å². The first-order valence-electron chi connectivity index (χ1n) is 20.3. The monoisotopic (exact) mass is 659 g/mol. The number of unbranched alkanes of at least 4 members (excludes halogenated alkanes) is 18. The van der Waals surface area contributed by atoms with Gasteiger partial charge in [-0.15, -0.1) is 0 Å². The van der Waals surface area contributed by atoms with Crippen molar-refractivity contribution in [2.45, 2.75) is 193 Å². The van der Waals surface area contributed by atoms with Crippen LogP contribution in [0.15, 0.2) is 46.4 Å². The van der Waals surface area contributed by atoms with E-state index in [1.807, 2.05) is 36.7 Å². The minimum atomic E-state index is 0.0958. The van der Waals surface area contributed by atoms with E-state index < -0.39 is 0 Å². The first-order valence-corrected chi connectivity index (χ1v) is 20.3. The maximum absolute atomic E-state index is 10.7. The van der Waals surface area contributed by atoms with Crippen LogP contribution in [0, 0.1) is 0 Å². The van der Waals surface area contributed by atoms with Crippen LogP contribution in [0.25, 0.3) is 0 Å². The number of aliphatic imine (C=N–C) groups is 2. The summed E-state index contributed by atoms with van der Waals surface area (Å²) in [4.78, 5) is 9.83. The normalized spacial score (nSPS) is 16.8. The zero-order chi connectivity index (χ0) is 34.1. The number of phenols is 2. The van der Waals surface area contributed by atoms with Crippen molar-refractivity contribution >= 4 is 12.4 Å². The van der Waals surface area contributed by atoms with E-state index in [0.717, 1.165) is 49.7 Å². The molecule has 1 aliphatic carbocycles. The maximum Gasteiger partial charge on any atom is 0.124 e. The van der Waals surface area contributed by atoms with Crippen molar-refractivity contribution in [1.29, 1.82) is 0 Å². The van der Waals surface area contributed by atoms with Crippen LogP contribution in [0.5, 0.6) is 11.5 Å². The minimum Gasteiger partial charge on any atom is -0.507 e. The molecule has 2 atom stereocenters. The lowest BCUT2D eigenvalue weighted by Crippen LogP contribution is -2.27. The number of benzene rings is 2. The Balaban J connectivity index is 1.38. The molecule has 4 heteroatoms. The second-order valence-electron chi connectivity index (χ2n) is 14.6. The van der Waals surface area contributed by atoms with E-state index in [2.05, 4.69) is 26.0 Å². The van der Waals surface area contributed by atoms with Gasteiger partial charge in [0.1, 0.15) is 11.5 Å². The molecule has 4 nitrogen and oxygen atoms in total. The highest BCUT2D eigenvalue weighted by atomic mass is 16.3. The summed E-state index contributed by atoms with van der Waals surface area (Å²) in [5.41, 5.74) is 3.98. The fourth-order valence-corrected chi connectivity index (χ4v) is 7.13. The number of aromatic hydroxyl groups is 2. The van der Waals surface area contributed by atoms with Gasteiger partial charge in [0.25, 0.3) is 0 Å². The number of rotatable bonds is 26. The lowest BCUT2D eigenvalue weighted by atomic mass is 9.91. The first-order chi connectivity index (χ1) is 23.6. The predicted octanol–water partition coefficient (Wildman–Crippen LogP) is 12.9. The molecule has 3 rings (SSSR count). The smallest absolute Gasteiger partial charge is 0.124 e. The molecule has 1 fully saturated rings. The molecule has 0 aliphatic heterocycles. The van der Waals surface area contributed by atoms with Gasteiger partial charge in [-0.2, -0.15) is 0 Å². The van der Waals surface area contributed by atoms with Crippen molar-refractivity contribution in [3.63, 3.8) is 0 Å². The van der Waals surface area contributed by atoms with Gasteiger partial charge >= 0.3 is 0 Å². The summed E-state index contributed by atoms with van der Waals surface area (Å²) in [6.45, 7) is 4.55. The highest BCUT2D eigenvalue weighted by Gasteiger charge is 2.23. The predicted molar refractivity (Wildman–Crippen MR) is 209 cm³/mol. The van der Waals surface area contributed by atoms with Gasteiger partial charge in [-0.05, 0) is 73.9 Å². The molecule has 0 unspecified atom stereocenters. The van der Waals surface area contributed by atoms with E-state index in [0.29, 0.717) is 11.5 Å². The van der Waals surface area contributed by atoms with Crippen LogP contribution in [0.3, 0.4) is 0 Å². The summed E-state index contributed by atoms with van der Waals surface area (Å²) >= 11 is 0. The number of aryl methyl sites for hydroxylation is 2. The highest BCUT2D eigenvalue weighted by molar-refractivity contribution is 5.84. The van der Waals surface area contributed by atoms with Crippen LogP contribution in [-0.2, 0) is 12.8 Å². The number of phenolic OH excluding ortho intramolecular Hbond substituents is 2. The van der Waals surface area contributed by atoms with E-state index in [4.69, 9.17) is 9.98 Å². The Kier molecular flexibility index (Phi) is 21.0. The van der Waals surface area contributed by atoms with Crippen LogP contribution in [-0.4, -0.2) is 34.7 Å². The molecule has 0 bridgehead atoms. The zero-order valence-electron chi connectivity index (χ0n) is 30.9. The average Bonchev–Trinajstić information content (AvgIpc) is 3.09. The molecule has 268 valence electrons. The molecule has 0 heterocycles. The summed E-state index contributed by atoms with van der Waals surface area (Å²) < 4.78 is 0. The van der Waals surface area contributed by atoms with Crippen LogP contribution in [0.4, 0.5) is 0 Å². The van der Waals surface area contributed by atoms with Gasteiger partial charge in [0.05, 0.1) is 12.1 Å². The van der Waals surface area contributed by atoms with Gasteiger partial charge in [0.2, 0.25) is 0 Å². The van der Waals surface area contributed by atoms with Crippen LogP contribution < -0.4 is 0 Å². The third-order valence-corrected chi connectivity index (χ3v) is 10.3. The quantitative estimate of drug-likeness (QED) is 0.0780. The Morgan fingerprint density at radius 3 is 1.17 bits per heavy atom. The van der Waals surface area contributed by atoms with Crippen molar-refractivity contribution < 1.29 is 10.2 Å². The molecule has 0 radical (unpaired) electrons. The van der Waals surface area contributed by atoms with Gasteiger partial charge in [-0.1, -0.05) is 154 Å². The lowest BCUT2D eigenvalue weighted by Gasteiger charge is -2.25. The van der Waals surface area contributed by atoms with Crippen molar-refractivity contribution in [2.24, 2.45) is 9.98 Å². The molecule has 1 aliphatic rings. The Labute approximate surface area is 295 Å². The lowest BCUT2D eigenvalue weighted by molar-refractivity contribution is 0.390. The van der Waals surface area contributed by atoms with E-state index in [-0.39, 0.29) is 12.1 Å². The minimum absolute atomic E-state index is 0.0958. The second kappa shape index (κ2) is 25.4. The Hall–Kier alpha value is -2.62. The molecule has 1 saturated carbocycles. The summed E-state index contributed by atoms with van der Waals surface area (Å²) in [5.74, 6) is 0.643. The summed E-state index contributed by atoms with van der Waals surface area (Å²) in [7, 11) is 0. The Bertz CT molecular complexity index is 1080. The summed E-state index contributed by atoms with van der Waals surface area (Å²) in [5, 5.41) is 21.5. The maximum atomic E-state index is 10.7. The van der Waals surface area contributed by atoms with E-state index in [1.165, 1.54) is 140 Å². The number of nitrogens with zero attached hydrogens (tertiary/aromatic N) is 2. The third-order valence-electron chi connectivity index (χ3n) is 10.3. The molecule has 0 aromatic heterocycles. The van der Waals surface area contributed by atoms with Crippen LogP contribution in [0.2, 0.25) is 0 Å². The molecule has 2 aromatic carbocycles. The van der Waals surface area contributed by atoms with Gasteiger partial charge in [0.15, 0.2) is 0 Å².